The summed E-state index contributed by atoms with van der Waals surface area (Å²) in [4.78, 5) is 15.2. The number of benzene rings is 3. The van der Waals surface area contributed by atoms with Gasteiger partial charge in [0.1, 0.15) is 0 Å². The fourth-order valence-electron chi connectivity index (χ4n) is 3.70. The molecule has 0 saturated carbocycles. The summed E-state index contributed by atoms with van der Waals surface area (Å²) in [5, 5.41) is 2.87. The highest BCUT2D eigenvalue weighted by molar-refractivity contribution is 7.92. The van der Waals surface area contributed by atoms with E-state index in [1.165, 1.54) is 12.1 Å². The summed E-state index contributed by atoms with van der Waals surface area (Å²) >= 11 is 0. The average Bonchev–Trinajstić information content (AvgIpc) is 2.80. The van der Waals surface area contributed by atoms with Crippen LogP contribution in [0.15, 0.2) is 77.7 Å². The number of rotatable bonds is 7. The fourth-order valence-corrected chi connectivity index (χ4v) is 4.79. The molecule has 7 nitrogen and oxygen atoms in total. The van der Waals surface area contributed by atoms with E-state index in [1.54, 1.807) is 30.3 Å². The molecule has 1 heterocycles. The van der Waals surface area contributed by atoms with Crippen LogP contribution in [0.4, 0.5) is 11.4 Å². The van der Waals surface area contributed by atoms with E-state index in [0.717, 1.165) is 44.0 Å². The van der Waals surface area contributed by atoms with Crippen molar-refractivity contribution in [1.29, 1.82) is 0 Å². The number of hydrogen-bond donors (Lipinski definition) is 2. The molecule has 1 saturated heterocycles. The Labute approximate surface area is 194 Å². The lowest BCUT2D eigenvalue weighted by Gasteiger charge is -2.26. The molecule has 33 heavy (non-hydrogen) atoms. The van der Waals surface area contributed by atoms with Crippen LogP contribution in [0.25, 0.3) is 0 Å². The van der Waals surface area contributed by atoms with Gasteiger partial charge < -0.3 is 10.1 Å². The van der Waals surface area contributed by atoms with Crippen molar-refractivity contribution in [3.8, 4) is 0 Å². The van der Waals surface area contributed by atoms with Crippen LogP contribution < -0.4 is 10.0 Å². The number of carbonyl (C=O) groups excluding carboxylic acids is 1. The van der Waals surface area contributed by atoms with Gasteiger partial charge in [0.15, 0.2) is 0 Å². The second kappa shape index (κ2) is 10.2. The third-order valence-corrected chi connectivity index (χ3v) is 6.75. The topological polar surface area (TPSA) is 87.7 Å². The third kappa shape index (κ3) is 6.19. The number of amides is 1. The van der Waals surface area contributed by atoms with Gasteiger partial charge in [-0.05, 0) is 60.5 Å². The van der Waals surface area contributed by atoms with Gasteiger partial charge in [-0.3, -0.25) is 14.4 Å². The molecule has 3 aromatic carbocycles. The molecule has 8 heteroatoms. The van der Waals surface area contributed by atoms with Crippen LogP contribution in [0.2, 0.25) is 0 Å². The molecule has 3 aromatic rings. The maximum absolute atomic E-state index is 12.8. The van der Waals surface area contributed by atoms with Crippen LogP contribution in [0.3, 0.4) is 0 Å². The van der Waals surface area contributed by atoms with Gasteiger partial charge in [0, 0.05) is 36.6 Å². The summed E-state index contributed by atoms with van der Waals surface area (Å²) in [5.41, 5.74) is 3.44. The van der Waals surface area contributed by atoms with Crippen molar-refractivity contribution in [3.63, 3.8) is 0 Å². The smallest absolute Gasteiger partial charge is 0.261 e. The lowest BCUT2D eigenvalue weighted by molar-refractivity contribution is 0.0342. The van der Waals surface area contributed by atoms with Crippen LogP contribution in [-0.4, -0.2) is 45.5 Å². The first-order valence-electron chi connectivity index (χ1n) is 10.8. The first-order chi connectivity index (χ1) is 15.9. The van der Waals surface area contributed by atoms with Crippen molar-refractivity contribution in [3.05, 3.63) is 89.5 Å². The van der Waals surface area contributed by atoms with Gasteiger partial charge >= 0.3 is 0 Å². The Morgan fingerprint density at radius 1 is 0.939 bits per heavy atom. The minimum Gasteiger partial charge on any atom is -0.379 e. The summed E-state index contributed by atoms with van der Waals surface area (Å²) in [7, 11) is -3.83. The summed E-state index contributed by atoms with van der Waals surface area (Å²) in [6.45, 7) is 5.90. The van der Waals surface area contributed by atoms with E-state index < -0.39 is 10.0 Å². The van der Waals surface area contributed by atoms with Crippen LogP contribution >= 0.6 is 0 Å². The average molecular weight is 466 g/mol. The van der Waals surface area contributed by atoms with Crippen molar-refractivity contribution in [2.24, 2.45) is 0 Å². The van der Waals surface area contributed by atoms with E-state index in [4.69, 9.17) is 4.74 Å². The van der Waals surface area contributed by atoms with E-state index >= 15 is 0 Å². The monoisotopic (exact) mass is 465 g/mol. The van der Waals surface area contributed by atoms with Crippen molar-refractivity contribution in [2.75, 3.05) is 36.3 Å². The van der Waals surface area contributed by atoms with E-state index in [2.05, 4.69) is 14.9 Å². The maximum atomic E-state index is 12.8. The predicted octanol–water partition coefficient (Wildman–Crippen LogP) is 3.88. The van der Waals surface area contributed by atoms with Crippen molar-refractivity contribution in [2.45, 2.75) is 18.4 Å². The first kappa shape index (κ1) is 23.0. The van der Waals surface area contributed by atoms with Crippen LogP contribution in [-0.2, 0) is 21.3 Å². The highest BCUT2D eigenvalue weighted by Gasteiger charge is 2.17. The molecule has 172 valence electrons. The van der Waals surface area contributed by atoms with Crippen LogP contribution in [0.5, 0.6) is 0 Å². The number of nitrogens with one attached hydrogen (secondary N) is 2. The molecular formula is C25H27N3O4S. The number of aryl methyl sites for hydroxylation is 1. The number of nitrogens with zero attached hydrogens (tertiary/aromatic N) is 1. The van der Waals surface area contributed by atoms with Gasteiger partial charge in [-0.2, -0.15) is 0 Å². The summed E-state index contributed by atoms with van der Waals surface area (Å²) < 4.78 is 33.6. The molecule has 0 aromatic heterocycles. The molecule has 0 spiro atoms. The highest BCUT2D eigenvalue weighted by Crippen LogP contribution is 2.20. The van der Waals surface area contributed by atoms with Gasteiger partial charge in [-0.15, -0.1) is 0 Å². The molecular weight excluding hydrogens is 438 g/mol. The molecule has 1 fully saturated rings. The van der Waals surface area contributed by atoms with Crippen LogP contribution in [0.1, 0.15) is 21.5 Å². The SMILES string of the molecule is Cc1cccc(NS(=O)(=O)c2cccc(C(=O)Nc3cccc(CN4CCOCC4)c3)c2)c1. The zero-order chi connectivity index (χ0) is 23.3. The summed E-state index contributed by atoms with van der Waals surface area (Å²) in [6, 6.07) is 20.8. The normalized spacial score (nSPS) is 14.6. The number of hydrogen-bond acceptors (Lipinski definition) is 5. The van der Waals surface area contributed by atoms with Gasteiger partial charge in [0.2, 0.25) is 0 Å². The Morgan fingerprint density at radius 3 is 2.45 bits per heavy atom. The fraction of sp³-hybridized carbons (Fsp3) is 0.240. The molecule has 1 aliphatic rings. The van der Waals surface area contributed by atoms with Gasteiger partial charge in [-0.1, -0.05) is 30.3 Å². The lowest BCUT2D eigenvalue weighted by atomic mass is 10.1. The Hall–Kier alpha value is -3.20. The van der Waals surface area contributed by atoms with Crippen molar-refractivity contribution in [1.82, 2.24) is 4.90 Å². The van der Waals surface area contributed by atoms with E-state index in [0.29, 0.717) is 11.4 Å². The standard InChI is InChI=1S/C25H27N3O4S/c1-19-5-2-9-23(15-19)27-33(30,31)24-10-4-7-21(17-24)25(29)26-22-8-3-6-20(16-22)18-28-11-13-32-14-12-28/h2-10,15-17,27H,11-14,18H2,1H3,(H,26,29). The van der Waals surface area contributed by atoms with Gasteiger partial charge in [-0.25, -0.2) is 8.42 Å². The van der Waals surface area contributed by atoms with Crippen molar-refractivity contribution >= 4 is 27.3 Å². The number of anilines is 2. The van der Waals surface area contributed by atoms with E-state index in [-0.39, 0.29) is 16.4 Å². The summed E-state index contributed by atoms with van der Waals surface area (Å²) in [5.74, 6) is -0.369. The first-order valence-corrected chi connectivity index (χ1v) is 12.3. The Bertz CT molecular complexity index is 1240. The van der Waals surface area contributed by atoms with E-state index in [1.807, 2.05) is 37.3 Å². The minimum absolute atomic E-state index is 0.0257. The molecule has 0 unspecified atom stereocenters. The molecule has 0 bridgehead atoms. The Morgan fingerprint density at radius 2 is 1.67 bits per heavy atom. The maximum Gasteiger partial charge on any atom is 0.261 e. The second-order valence-corrected chi connectivity index (χ2v) is 9.73. The molecule has 0 radical (unpaired) electrons. The quantitative estimate of drug-likeness (QED) is 0.553. The lowest BCUT2D eigenvalue weighted by Crippen LogP contribution is -2.35. The summed E-state index contributed by atoms with van der Waals surface area (Å²) in [6.07, 6.45) is 0. The van der Waals surface area contributed by atoms with Crippen LogP contribution in [0, 0.1) is 6.92 Å². The molecule has 0 aliphatic carbocycles. The molecule has 1 amide bonds. The van der Waals surface area contributed by atoms with Gasteiger partial charge in [0.05, 0.1) is 18.1 Å². The minimum atomic E-state index is -3.83. The number of morpholine rings is 1. The Balaban J connectivity index is 1.46. The zero-order valence-corrected chi connectivity index (χ0v) is 19.3. The van der Waals surface area contributed by atoms with Gasteiger partial charge in [0.25, 0.3) is 15.9 Å². The Kier molecular flexibility index (Phi) is 7.08. The zero-order valence-electron chi connectivity index (χ0n) is 18.5. The predicted molar refractivity (Wildman–Crippen MR) is 129 cm³/mol. The van der Waals surface area contributed by atoms with E-state index in [9.17, 15) is 13.2 Å². The molecule has 2 N–H and O–H groups in total. The number of carbonyl (C=O) groups is 1. The number of ether oxygens (including phenoxy) is 1. The largest absolute Gasteiger partial charge is 0.379 e. The third-order valence-electron chi connectivity index (χ3n) is 5.37. The molecule has 1 aliphatic heterocycles. The molecule has 0 atom stereocenters. The molecule has 4 rings (SSSR count). The van der Waals surface area contributed by atoms with Crippen molar-refractivity contribution < 1.29 is 17.9 Å². The highest BCUT2D eigenvalue weighted by atomic mass is 32.2. The second-order valence-electron chi connectivity index (χ2n) is 8.05. The number of sulfonamides is 1.